The average Bonchev–Trinajstić information content (AvgIpc) is 1.91. The van der Waals surface area contributed by atoms with Crippen molar-refractivity contribution in [2.75, 3.05) is 0 Å². The third kappa shape index (κ3) is 0.960. The standard InChI is InChI=1S/C2H5N3S2/c3-7-2-1-4-5(7)6/h1-2,6H,3H2. The Bertz CT molecular complexity index is 129. The van der Waals surface area contributed by atoms with Gasteiger partial charge < -0.3 is 0 Å². The molecule has 1 unspecified atom stereocenters. The van der Waals surface area contributed by atoms with E-state index in [1.807, 2.05) is 0 Å². The summed E-state index contributed by atoms with van der Waals surface area (Å²) in [7, 11) is -0.367. The van der Waals surface area contributed by atoms with Gasteiger partial charge in [-0.05, 0) is 12.8 Å². The van der Waals surface area contributed by atoms with Crippen molar-refractivity contribution in [1.82, 2.24) is 3.82 Å². The van der Waals surface area contributed by atoms with Crippen molar-refractivity contribution in [3.8, 4) is 0 Å². The van der Waals surface area contributed by atoms with Crippen LogP contribution >= 0.6 is 23.7 Å². The van der Waals surface area contributed by atoms with Crippen molar-refractivity contribution in [2.45, 2.75) is 0 Å². The van der Waals surface area contributed by atoms with Gasteiger partial charge in [-0.2, -0.15) is 8.92 Å². The summed E-state index contributed by atoms with van der Waals surface area (Å²) in [5.41, 5.74) is 0. The molecule has 1 atom stereocenters. The molecular weight excluding hydrogens is 130 g/mol. The van der Waals surface area contributed by atoms with E-state index in [-0.39, 0.29) is 10.9 Å². The zero-order chi connectivity index (χ0) is 5.28. The lowest BCUT2D eigenvalue weighted by atomic mass is 10.9. The van der Waals surface area contributed by atoms with Gasteiger partial charge in [-0.3, -0.25) is 5.14 Å². The highest BCUT2D eigenvalue weighted by atomic mass is 32.2. The van der Waals surface area contributed by atoms with Gasteiger partial charge in [-0.25, -0.2) is 0 Å². The Labute approximate surface area is 49.9 Å². The first-order valence-corrected chi connectivity index (χ1v) is 3.35. The fourth-order valence-corrected chi connectivity index (χ4v) is 0.930. The molecule has 1 heterocycles. The van der Waals surface area contributed by atoms with Gasteiger partial charge in [0.05, 0.1) is 6.21 Å². The zero-order valence-corrected chi connectivity index (χ0v) is 5.19. The molecule has 0 aliphatic carbocycles. The minimum Gasteiger partial charge on any atom is -0.265 e. The van der Waals surface area contributed by atoms with Crippen LogP contribution in [-0.4, -0.2) is 15.4 Å². The summed E-state index contributed by atoms with van der Waals surface area (Å²) >= 11 is 3.88. The number of nitrogens with zero attached hydrogens (tertiary/aromatic N) is 2. The molecule has 40 valence electrons. The van der Waals surface area contributed by atoms with E-state index in [2.05, 4.69) is 17.9 Å². The van der Waals surface area contributed by atoms with E-state index >= 15 is 0 Å². The molecule has 0 aromatic carbocycles. The van der Waals surface area contributed by atoms with E-state index in [1.165, 1.54) is 3.82 Å². The molecule has 0 saturated heterocycles. The summed E-state index contributed by atoms with van der Waals surface area (Å²) in [5, 5.41) is 10.9. The molecule has 0 amide bonds. The van der Waals surface area contributed by atoms with Crippen molar-refractivity contribution < 1.29 is 0 Å². The molecule has 7 heavy (non-hydrogen) atoms. The van der Waals surface area contributed by atoms with E-state index in [0.29, 0.717) is 0 Å². The molecule has 3 nitrogen and oxygen atoms in total. The van der Waals surface area contributed by atoms with Crippen LogP contribution in [0.4, 0.5) is 0 Å². The predicted molar refractivity (Wildman–Crippen MR) is 37.2 cm³/mol. The van der Waals surface area contributed by atoms with E-state index in [9.17, 15) is 0 Å². The molecule has 0 spiro atoms. The summed E-state index contributed by atoms with van der Waals surface area (Å²) in [5.74, 6) is 0. The second kappa shape index (κ2) is 1.85. The van der Waals surface area contributed by atoms with E-state index in [0.717, 1.165) is 0 Å². The smallest absolute Gasteiger partial charge is 0.0576 e. The predicted octanol–water partition coefficient (Wildman–Crippen LogP) is -0.00760. The van der Waals surface area contributed by atoms with Gasteiger partial charge in [-0.15, -0.1) is 0 Å². The highest BCUT2D eigenvalue weighted by Crippen LogP contribution is 2.15. The van der Waals surface area contributed by atoms with Crippen molar-refractivity contribution in [3.05, 3.63) is 0 Å². The second-order valence-corrected chi connectivity index (χ2v) is 2.96. The minimum absolute atomic E-state index is 0.367. The minimum atomic E-state index is -0.367. The van der Waals surface area contributed by atoms with Crippen LogP contribution in [-0.2, 0) is 0 Å². The van der Waals surface area contributed by atoms with Gasteiger partial charge >= 0.3 is 0 Å². The highest BCUT2D eigenvalue weighted by molar-refractivity contribution is 8.17. The van der Waals surface area contributed by atoms with Crippen LogP contribution in [0.3, 0.4) is 0 Å². The summed E-state index contributed by atoms with van der Waals surface area (Å²) in [6.45, 7) is 0. The maximum absolute atomic E-state index is 5.38. The summed E-state index contributed by atoms with van der Waals surface area (Å²) in [6.07, 6.45) is 1.64. The number of hydrogen-bond donors (Lipinski definition) is 2. The van der Waals surface area contributed by atoms with Gasteiger partial charge in [-0.1, -0.05) is 0 Å². The summed E-state index contributed by atoms with van der Waals surface area (Å²) in [4.78, 5) is 0. The monoisotopic (exact) mass is 135 g/mol. The molecule has 0 fully saturated rings. The van der Waals surface area contributed by atoms with Crippen molar-refractivity contribution in [3.63, 3.8) is 0 Å². The first-order valence-electron chi connectivity index (χ1n) is 1.65. The first-order chi connectivity index (χ1) is 3.30. The van der Waals surface area contributed by atoms with Crippen molar-refractivity contribution >= 4 is 35.3 Å². The Balaban J connectivity index is 2.69. The quantitative estimate of drug-likeness (QED) is 0.362. The van der Waals surface area contributed by atoms with Crippen LogP contribution in [0.15, 0.2) is 5.10 Å². The third-order valence-electron chi connectivity index (χ3n) is 0.554. The second-order valence-electron chi connectivity index (χ2n) is 1.00. The Hall–Kier alpha value is -0.0000000000000000555. The van der Waals surface area contributed by atoms with Crippen LogP contribution in [0.2, 0.25) is 0 Å². The number of thiol groups is 1. The molecule has 1 aliphatic heterocycles. The third-order valence-corrected chi connectivity index (χ3v) is 2.10. The number of hydrazone groups is 1. The Kier molecular flexibility index (Phi) is 1.36. The van der Waals surface area contributed by atoms with Gasteiger partial charge in [0.2, 0.25) is 0 Å². The van der Waals surface area contributed by atoms with Gasteiger partial charge in [0, 0.05) is 16.2 Å². The Morgan fingerprint density at radius 1 is 1.86 bits per heavy atom. The fourth-order valence-electron chi connectivity index (χ4n) is 0.255. The average molecular weight is 135 g/mol. The SMILES string of the molecule is NS1=CC=NN1S. The van der Waals surface area contributed by atoms with Crippen molar-refractivity contribution in [2.24, 2.45) is 10.2 Å². The van der Waals surface area contributed by atoms with Crippen LogP contribution in [0.25, 0.3) is 0 Å². The van der Waals surface area contributed by atoms with Gasteiger partial charge in [0.15, 0.2) is 0 Å². The van der Waals surface area contributed by atoms with E-state index in [4.69, 9.17) is 5.14 Å². The number of rotatable bonds is 0. The van der Waals surface area contributed by atoms with Crippen LogP contribution in [0.5, 0.6) is 0 Å². The summed E-state index contributed by atoms with van der Waals surface area (Å²) in [6, 6.07) is 0. The molecule has 0 aromatic rings. The lowest BCUT2D eigenvalue weighted by Crippen LogP contribution is -1.96. The van der Waals surface area contributed by atoms with Gasteiger partial charge in [0.25, 0.3) is 0 Å². The van der Waals surface area contributed by atoms with Crippen molar-refractivity contribution in [1.29, 1.82) is 0 Å². The number of hydrogen-bond acceptors (Lipinski definition) is 4. The van der Waals surface area contributed by atoms with E-state index in [1.54, 1.807) is 11.6 Å². The normalized spacial score (nSPS) is 28.3. The molecule has 2 N–H and O–H groups in total. The maximum Gasteiger partial charge on any atom is 0.0576 e. The molecule has 1 aliphatic rings. The molecule has 5 heteroatoms. The lowest BCUT2D eigenvalue weighted by Gasteiger charge is -2.03. The topological polar surface area (TPSA) is 41.6 Å². The van der Waals surface area contributed by atoms with Crippen LogP contribution in [0, 0.1) is 0 Å². The molecule has 0 saturated carbocycles. The molecule has 1 rings (SSSR count). The Morgan fingerprint density at radius 2 is 2.57 bits per heavy atom. The summed E-state index contributed by atoms with van der Waals surface area (Å²) < 4.78 is 1.42. The zero-order valence-electron chi connectivity index (χ0n) is 3.48. The van der Waals surface area contributed by atoms with Crippen LogP contribution in [0.1, 0.15) is 0 Å². The lowest BCUT2D eigenvalue weighted by molar-refractivity contribution is 0.843. The molecule has 0 aromatic heterocycles. The Morgan fingerprint density at radius 3 is 2.71 bits per heavy atom. The number of nitrogens with two attached hydrogens (primary N) is 1. The largest absolute Gasteiger partial charge is 0.265 e. The van der Waals surface area contributed by atoms with Gasteiger partial charge in [0.1, 0.15) is 0 Å². The first kappa shape index (κ1) is 5.14. The highest BCUT2D eigenvalue weighted by Gasteiger charge is 1.97. The van der Waals surface area contributed by atoms with Crippen LogP contribution < -0.4 is 5.14 Å². The molecule has 0 radical (unpaired) electrons. The maximum atomic E-state index is 5.38. The van der Waals surface area contributed by atoms with E-state index < -0.39 is 0 Å². The molecule has 0 bridgehead atoms. The fraction of sp³-hybridized carbons (Fsp3) is 0. The molecular formula is C2H5N3S2.